The van der Waals surface area contributed by atoms with E-state index in [1.165, 1.54) is 0 Å². The quantitative estimate of drug-likeness (QED) is 0.794. The standard InChI is InChI=1S/C16H27N3O/c1-13(2)19(12-15-6-4-5-11-18-15)16(20)8-7-14(3)9-10-17/h4-6,11,13-14H,7-10,12,17H2,1-3H3. The molecular weight excluding hydrogens is 250 g/mol. The summed E-state index contributed by atoms with van der Waals surface area (Å²) >= 11 is 0. The molecule has 4 nitrogen and oxygen atoms in total. The van der Waals surface area contributed by atoms with Crippen molar-refractivity contribution in [2.45, 2.75) is 52.6 Å². The number of amides is 1. The van der Waals surface area contributed by atoms with Gasteiger partial charge in [0.2, 0.25) is 5.91 Å². The van der Waals surface area contributed by atoms with Crippen molar-refractivity contribution in [3.05, 3.63) is 30.1 Å². The largest absolute Gasteiger partial charge is 0.334 e. The lowest BCUT2D eigenvalue weighted by molar-refractivity contribution is -0.133. The van der Waals surface area contributed by atoms with Gasteiger partial charge in [-0.2, -0.15) is 0 Å². The summed E-state index contributed by atoms with van der Waals surface area (Å²) in [6, 6.07) is 5.99. The number of hydrogen-bond donors (Lipinski definition) is 1. The Morgan fingerprint density at radius 3 is 2.60 bits per heavy atom. The summed E-state index contributed by atoms with van der Waals surface area (Å²) < 4.78 is 0. The van der Waals surface area contributed by atoms with Crippen molar-refractivity contribution in [3.8, 4) is 0 Å². The van der Waals surface area contributed by atoms with Crippen LogP contribution in [-0.2, 0) is 11.3 Å². The van der Waals surface area contributed by atoms with Gasteiger partial charge < -0.3 is 10.6 Å². The minimum absolute atomic E-state index is 0.189. The number of nitrogens with two attached hydrogens (primary N) is 1. The van der Waals surface area contributed by atoms with E-state index in [4.69, 9.17) is 5.73 Å². The van der Waals surface area contributed by atoms with Crippen molar-refractivity contribution < 1.29 is 4.79 Å². The van der Waals surface area contributed by atoms with E-state index in [-0.39, 0.29) is 11.9 Å². The molecule has 0 bridgehead atoms. The lowest BCUT2D eigenvalue weighted by Gasteiger charge is -2.27. The Morgan fingerprint density at radius 1 is 1.30 bits per heavy atom. The van der Waals surface area contributed by atoms with Crippen molar-refractivity contribution in [2.24, 2.45) is 11.7 Å². The highest BCUT2D eigenvalue weighted by Gasteiger charge is 2.18. The molecule has 112 valence electrons. The van der Waals surface area contributed by atoms with Crippen LogP contribution in [0.15, 0.2) is 24.4 Å². The summed E-state index contributed by atoms with van der Waals surface area (Å²) in [5.41, 5.74) is 6.48. The third kappa shape index (κ3) is 5.70. The monoisotopic (exact) mass is 277 g/mol. The molecule has 20 heavy (non-hydrogen) atoms. The summed E-state index contributed by atoms with van der Waals surface area (Å²) in [5.74, 6) is 0.710. The van der Waals surface area contributed by atoms with E-state index < -0.39 is 0 Å². The first kappa shape index (κ1) is 16.6. The van der Waals surface area contributed by atoms with E-state index in [0.717, 1.165) is 18.5 Å². The molecular formula is C16H27N3O. The van der Waals surface area contributed by atoms with Crippen molar-refractivity contribution in [2.75, 3.05) is 6.54 Å². The highest BCUT2D eigenvalue weighted by Crippen LogP contribution is 2.14. The molecule has 0 aromatic carbocycles. The normalized spacial score (nSPS) is 12.4. The zero-order valence-electron chi connectivity index (χ0n) is 12.9. The van der Waals surface area contributed by atoms with Crippen LogP contribution in [0.1, 0.15) is 45.7 Å². The van der Waals surface area contributed by atoms with Crippen LogP contribution in [0.4, 0.5) is 0 Å². The first-order chi connectivity index (χ1) is 9.54. The zero-order chi connectivity index (χ0) is 15.0. The Morgan fingerprint density at radius 2 is 2.05 bits per heavy atom. The van der Waals surface area contributed by atoms with Gasteiger partial charge in [-0.15, -0.1) is 0 Å². The minimum Gasteiger partial charge on any atom is -0.334 e. The number of aromatic nitrogens is 1. The molecule has 1 amide bonds. The molecule has 0 saturated heterocycles. The number of nitrogens with zero attached hydrogens (tertiary/aromatic N) is 2. The summed E-state index contributed by atoms with van der Waals surface area (Å²) in [6.45, 7) is 7.52. The predicted octanol–water partition coefficient (Wildman–Crippen LogP) is 2.58. The smallest absolute Gasteiger partial charge is 0.223 e. The molecule has 4 heteroatoms. The summed E-state index contributed by atoms with van der Waals surface area (Å²) in [6.07, 6.45) is 4.24. The van der Waals surface area contributed by atoms with Gasteiger partial charge in [0.25, 0.3) is 0 Å². The van der Waals surface area contributed by atoms with Gasteiger partial charge in [-0.1, -0.05) is 13.0 Å². The average molecular weight is 277 g/mol. The molecule has 0 aliphatic heterocycles. The molecule has 0 radical (unpaired) electrons. The number of pyridine rings is 1. The molecule has 0 spiro atoms. The first-order valence-corrected chi connectivity index (χ1v) is 7.44. The second-order valence-corrected chi connectivity index (χ2v) is 5.66. The lowest BCUT2D eigenvalue weighted by Crippen LogP contribution is -2.36. The third-order valence-corrected chi connectivity index (χ3v) is 3.51. The van der Waals surface area contributed by atoms with Crippen LogP contribution in [0.25, 0.3) is 0 Å². The van der Waals surface area contributed by atoms with Crippen molar-refractivity contribution in [1.82, 2.24) is 9.88 Å². The van der Waals surface area contributed by atoms with Crippen molar-refractivity contribution in [1.29, 1.82) is 0 Å². The fourth-order valence-electron chi connectivity index (χ4n) is 2.17. The SMILES string of the molecule is CC(CCN)CCC(=O)N(Cc1ccccn1)C(C)C. The molecule has 0 aliphatic carbocycles. The first-order valence-electron chi connectivity index (χ1n) is 7.44. The predicted molar refractivity (Wildman–Crippen MR) is 82.0 cm³/mol. The van der Waals surface area contributed by atoms with Crippen LogP contribution in [0, 0.1) is 5.92 Å². The Kier molecular flexibility index (Phi) is 7.23. The van der Waals surface area contributed by atoms with E-state index >= 15 is 0 Å². The van der Waals surface area contributed by atoms with Crippen LogP contribution in [0.3, 0.4) is 0 Å². The average Bonchev–Trinajstić information content (AvgIpc) is 2.43. The highest BCUT2D eigenvalue weighted by molar-refractivity contribution is 5.76. The summed E-state index contributed by atoms with van der Waals surface area (Å²) in [5, 5.41) is 0. The maximum Gasteiger partial charge on any atom is 0.223 e. The number of carbonyl (C=O) groups is 1. The number of hydrogen-bond acceptors (Lipinski definition) is 3. The third-order valence-electron chi connectivity index (χ3n) is 3.51. The highest BCUT2D eigenvalue weighted by atomic mass is 16.2. The Balaban J connectivity index is 2.55. The topological polar surface area (TPSA) is 59.2 Å². The fourth-order valence-corrected chi connectivity index (χ4v) is 2.17. The molecule has 1 unspecified atom stereocenters. The zero-order valence-corrected chi connectivity index (χ0v) is 12.9. The van der Waals surface area contributed by atoms with Gasteiger partial charge in [0.1, 0.15) is 0 Å². The number of carbonyl (C=O) groups excluding carboxylic acids is 1. The van der Waals surface area contributed by atoms with E-state index in [1.807, 2.05) is 36.9 Å². The molecule has 0 aliphatic rings. The van der Waals surface area contributed by atoms with Crippen LogP contribution in [0.2, 0.25) is 0 Å². The van der Waals surface area contributed by atoms with Crippen LogP contribution in [-0.4, -0.2) is 28.4 Å². The van der Waals surface area contributed by atoms with Gasteiger partial charge in [-0.05, 0) is 51.3 Å². The van der Waals surface area contributed by atoms with Crippen LogP contribution in [0.5, 0.6) is 0 Å². The van der Waals surface area contributed by atoms with Crippen molar-refractivity contribution in [3.63, 3.8) is 0 Å². The van der Waals surface area contributed by atoms with Crippen LogP contribution >= 0.6 is 0 Å². The van der Waals surface area contributed by atoms with Gasteiger partial charge in [-0.3, -0.25) is 9.78 Å². The van der Waals surface area contributed by atoms with Crippen LogP contribution < -0.4 is 5.73 Å². The second kappa shape index (κ2) is 8.69. The second-order valence-electron chi connectivity index (χ2n) is 5.66. The maximum absolute atomic E-state index is 12.4. The van der Waals surface area contributed by atoms with Gasteiger partial charge in [0.05, 0.1) is 12.2 Å². The van der Waals surface area contributed by atoms with E-state index in [1.54, 1.807) is 6.20 Å². The van der Waals surface area contributed by atoms with E-state index in [0.29, 0.717) is 25.4 Å². The summed E-state index contributed by atoms with van der Waals surface area (Å²) in [7, 11) is 0. The molecule has 2 N–H and O–H groups in total. The van der Waals surface area contributed by atoms with E-state index in [2.05, 4.69) is 11.9 Å². The molecule has 1 heterocycles. The molecule has 1 atom stereocenters. The Hall–Kier alpha value is -1.42. The van der Waals surface area contributed by atoms with Gasteiger partial charge >= 0.3 is 0 Å². The van der Waals surface area contributed by atoms with Gasteiger partial charge in [0.15, 0.2) is 0 Å². The maximum atomic E-state index is 12.4. The Labute approximate surface area is 122 Å². The molecule has 0 saturated carbocycles. The summed E-state index contributed by atoms with van der Waals surface area (Å²) in [4.78, 5) is 18.6. The minimum atomic E-state index is 0.189. The fraction of sp³-hybridized carbons (Fsp3) is 0.625. The Bertz CT molecular complexity index is 392. The van der Waals surface area contributed by atoms with E-state index in [9.17, 15) is 4.79 Å². The van der Waals surface area contributed by atoms with Crippen molar-refractivity contribution >= 4 is 5.91 Å². The molecule has 1 aromatic rings. The molecule has 1 rings (SSSR count). The van der Waals surface area contributed by atoms with Gasteiger partial charge in [0, 0.05) is 18.7 Å². The molecule has 1 aromatic heterocycles. The molecule has 0 fully saturated rings. The lowest BCUT2D eigenvalue weighted by atomic mass is 10.0. The van der Waals surface area contributed by atoms with Gasteiger partial charge in [-0.25, -0.2) is 0 Å². The number of rotatable bonds is 8.